The molecular weight excluding hydrogens is 474 g/mol. The number of hydrogen-bond acceptors (Lipinski definition) is 5. The van der Waals surface area contributed by atoms with Gasteiger partial charge in [-0.1, -0.05) is 41.9 Å². The van der Waals surface area contributed by atoms with Gasteiger partial charge in [-0.2, -0.15) is 0 Å². The van der Waals surface area contributed by atoms with Crippen molar-refractivity contribution in [3.05, 3.63) is 87.1 Å². The lowest BCUT2D eigenvalue weighted by Crippen LogP contribution is -2.48. The number of nitrogens with zero attached hydrogens (tertiary/aromatic N) is 1. The van der Waals surface area contributed by atoms with Crippen LogP contribution in [0.4, 0.5) is 10.5 Å². The number of nitrogens with one attached hydrogen (secondary N) is 2. The number of anilines is 1. The minimum Gasteiger partial charge on any atom is -0.438 e. The lowest BCUT2D eigenvalue weighted by Gasteiger charge is -2.25. The van der Waals surface area contributed by atoms with Crippen molar-refractivity contribution in [2.75, 3.05) is 5.32 Å². The highest BCUT2D eigenvalue weighted by molar-refractivity contribution is 7.12. The van der Waals surface area contributed by atoms with Crippen molar-refractivity contribution < 1.29 is 19.1 Å². The third-order valence-electron chi connectivity index (χ3n) is 5.24. The molecule has 4 rings (SSSR count). The molecule has 1 saturated heterocycles. The third kappa shape index (κ3) is 5.40. The van der Waals surface area contributed by atoms with Crippen LogP contribution >= 0.6 is 22.9 Å². The molecule has 2 heterocycles. The maximum Gasteiger partial charge on any atom is 0.411 e. The highest BCUT2D eigenvalue weighted by atomic mass is 35.5. The fraction of sp³-hybridized carbons (Fsp3) is 0.240. The second-order valence-corrected chi connectivity index (χ2v) is 9.61. The molecule has 1 aliphatic rings. The van der Waals surface area contributed by atoms with E-state index < -0.39 is 18.2 Å². The monoisotopic (exact) mass is 497 g/mol. The van der Waals surface area contributed by atoms with Gasteiger partial charge in [-0.25, -0.2) is 4.79 Å². The van der Waals surface area contributed by atoms with Gasteiger partial charge in [0.15, 0.2) is 12.1 Å². The zero-order chi connectivity index (χ0) is 24.2. The van der Waals surface area contributed by atoms with Crippen LogP contribution in [0.2, 0.25) is 5.02 Å². The van der Waals surface area contributed by atoms with Gasteiger partial charge in [-0.15, -0.1) is 11.3 Å². The fourth-order valence-corrected chi connectivity index (χ4v) is 4.64. The molecule has 176 valence electrons. The zero-order valence-electron chi connectivity index (χ0n) is 18.7. The summed E-state index contributed by atoms with van der Waals surface area (Å²) in [5, 5.41) is 8.12. The van der Waals surface area contributed by atoms with Crippen LogP contribution < -0.4 is 10.6 Å². The summed E-state index contributed by atoms with van der Waals surface area (Å²) >= 11 is 7.45. The van der Waals surface area contributed by atoms with E-state index >= 15 is 0 Å². The normalized spacial score (nSPS) is 17.5. The SMILES string of the molecule is CC(C)NC(=O)C1C(c2cccc(NC(=O)c3cccs3)c2)OC(=O)N1Cc1cccc(Cl)c1. The van der Waals surface area contributed by atoms with E-state index in [0.717, 1.165) is 5.56 Å². The molecule has 0 saturated carbocycles. The number of ether oxygens (including phenoxy) is 1. The first-order valence-corrected chi connectivity index (χ1v) is 12.0. The molecule has 9 heteroatoms. The lowest BCUT2D eigenvalue weighted by atomic mass is 10.00. The van der Waals surface area contributed by atoms with Crippen LogP contribution in [-0.2, 0) is 16.1 Å². The Bertz CT molecular complexity index is 1200. The maximum absolute atomic E-state index is 13.2. The van der Waals surface area contributed by atoms with Crippen molar-refractivity contribution >= 4 is 46.5 Å². The van der Waals surface area contributed by atoms with E-state index in [1.165, 1.54) is 16.2 Å². The number of halogens is 1. The molecule has 2 unspecified atom stereocenters. The van der Waals surface area contributed by atoms with E-state index in [4.69, 9.17) is 16.3 Å². The van der Waals surface area contributed by atoms with Crippen LogP contribution in [0.25, 0.3) is 0 Å². The van der Waals surface area contributed by atoms with Crippen LogP contribution in [0.1, 0.15) is 40.8 Å². The Morgan fingerprint density at radius 1 is 1.12 bits per heavy atom. The standard InChI is InChI=1S/C25H24ClN3O4S/c1-15(2)27-24(31)21-22(33-25(32)29(21)14-16-6-3-8-18(26)12-16)17-7-4-9-19(13-17)28-23(30)20-10-5-11-34-20/h3-13,15,21-22H,14H2,1-2H3,(H,27,31)(H,28,30). The van der Waals surface area contributed by atoms with Crippen molar-refractivity contribution in [3.63, 3.8) is 0 Å². The molecule has 3 aromatic rings. The average Bonchev–Trinajstić information content (AvgIpc) is 3.43. The molecule has 1 aromatic heterocycles. The summed E-state index contributed by atoms with van der Waals surface area (Å²) in [5.74, 6) is -0.548. The molecule has 2 N–H and O–H groups in total. The minimum absolute atomic E-state index is 0.117. The maximum atomic E-state index is 13.2. The van der Waals surface area contributed by atoms with Crippen molar-refractivity contribution in [3.8, 4) is 0 Å². The van der Waals surface area contributed by atoms with E-state index in [1.54, 1.807) is 54.6 Å². The van der Waals surface area contributed by atoms with Gasteiger partial charge in [0.2, 0.25) is 5.91 Å². The Morgan fingerprint density at radius 2 is 1.91 bits per heavy atom. The van der Waals surface area contributed by atoms with Gasteiger partial charge < -0.3 is 15.4 Å². The van der Waals surface area contributed by atoms with E-state index in [0.29, 0.717) is 21.2 Å². The molecular formula is C25H24ClN3O4S. The van der Waals surface area contributed by atoms with Crippen LogP contribution in [-0.4, -0.2) is 34.9 Å². The number of thiophene rings is 1. The van der Waals surface area contributed by atoms with Crippen molar-refractivity contribution in [1.82, 2.24) is 10.2 Å². The second kappa shape index (κ2) is 10.3. The number of cyclic esters (lactones) is 1. The molecule has 34 heavy (non-hydrogen) atoms. The highest BCUT2D eigenvalue weighted by Crippen LogP contribution is 2.35. The van der Waals surface area contributed by atoms with Crippen LogP contribution in [0.3, 0.4) is 0 Å². The second-order valence-electron chi connectivity index (χ2n) is 8.23. The molecule has 3 amide bonds. The van der Waals surface area contributed by atoms with Crippen LogP contribution in [0.5, 0.6) is 0 Å². The van der Waals surface area contributed by atoms with Gasteiger partial charge in [0, 0.05) is 16.8 Å². The topological polar surface area (TPSA) is 87.7 Å². The van der Waals surface area contributed by atoms with Gasteiger partial charge >= 0.3 is 6.09 Å². The van der Waals surface area contributed by atoms with Gasteiger partial charge in [0.1, 0.15) is 0 Å². The third-order valence-corrected chi connectivity index (χ3v) is 6.35. The molecule has 2 atom stereocenters. The summed E-state index contributed by atoms with van der Waals surface area (Å²) in [6.45, 7) is 3.88. The number of carbonyl (C=O) groups is 3. The summed E-state index contributed by atoms with van der Waals surface area (Å²) in [5.41, 5.74) is 1.93. The fourth-order valence-electron chi connectivity index (χ4n) is 3.81. The molecule has 0 radical (unpaired) electrons. The minimum atomic E-state index is -0.892. The summed E-state index contributed by atoms with van der Waals surface area (Å²) in [6.07, 6.45) is -1.44. The van der Waals surface area contributed by atoms with E-state index in [2.05, 4.69) is 10.6 Å². The Hall–Kier alpha value is -3.36. The molecule has 0 aliphatic carbocycles. The Morgan fingerprint density at radius 3 is 2.62 bits per heavy atom. The van der Waals surface area contributed by atoms with Crippen molar-refractivity contribution in [2.24, 2.45) is 0 Å². The zero-order valence-corrected chi connectivity index (χ0v) is 20.2. The summed E-state index contributed by atoms with van der Waals surface area (Å²) in [7, 11) is 0. The van der Waals surface area contributed by atoms with Gasteiger partial charge in [-0.3, -0.25) is 14.5 Å². The van der Waals surface area contributed by atoms with E-state index in [1.807, 2.05) is 25.3 Å². The number of amides is 3. The van der Waals surface area contributed by atoms with Crippen molar-refractivity contribution in [1.29, 1.82) is 0 Å². The predicted octanol–water partition coefficient (Wildman–Crippen LogP) is 5.24. The number of benzene rings is 2. The van der Waals surface area contributed by atoms with E-state index in [9.17, 15) is 14.4 Å². The smallest absolute Gasteiger partial charge is 0.411 e. The Kier molecular flexibility index (Phi) is 7.19. The average molecular weight is 498 g/mol. The largest absolute Gasteiger partial charge is 0.438 e. The molecule has 1 fully saturated rings. The molecule has 0 bridgehead atoms. The Labute approximate surface area is 206 Å². The van der Waals surface area contributed by atoms with E-state index in [-0.39, 0.29) is 24.4 Å². The summed E-state index contributed by atoms with van der Waals surface area (Å²) in [4.78, 5) is 40.5. The predicted molar refractivity (Wildman–Crippen MR) is 132 cm³/mol. The first-order chi connectivity index (χ1) is 16.3. The number of rotatable bonds is 7. The first kappa shape index (κ1) is 23.8. The van der Waals surface area contributed by atoms with Gasteiger partial charge in [0.25, 0.3) is 5.91 Å². The first-order valence-electron chi connectivity index (χ1n) is 10.8. The Balaban J connectivity index is 1.62. The number of hydrogen-bond donors (Lipinski definition) is 2. The van der Waals surface area contributed by atoms with Gasteiger partial charge in [-0.05, 0) is 60.7 Å². The number of carbonyl (C=O) groups excluding carboxylic acids is 3. The quantitative estimate of drug-likeness (QED) is 0.467. The molecule has 0 spiro atoms. The van der Waals surface area contributed by atoms with Crippen LogP contribution in [0, 0.1) is 0 Å². The summed E-state index contributed by atoms with van der Waals surface area (Å²) < 4.78 is 5.69. The van der Waals surface area contributed by atoms with Crippen molar-refractivity contribution in [2.45, 2.75) is 38.6 Å². The molecule has 1 aliphatic heterocycles. The summed E-state index contributed by atoms with van der Waals surface area (Å²) in [6, 6.07) is 16.7. The van der Waals surface area contributed by atoms with Gasteiger partial charge in [0.05, 0.1) is 11.4 Å². The van der Waals surface area contributed by atoms with Crippen LogP contribution in [0.15, 0.2) is 66.0 Å². The lowest BCUT2D eigenvalue weighted by molar-refractivity contribution is -0.126. The highest BCUT2D eigenvalue weighted by Gasteiger charge is 2.47. The molecule has 7 nitrogen and oxygen atoms in total. The molecule has 2 aromatic carbocycles.